The van der Waals surface area contributed by atoms with Crippen molar-refractivity contribution in [3.63, 3.8) is 0 Å². The molecule has 82 valence electrons. The first-order valence-electron chi connectivity index (χ1n) is 4.83. The fraction of sp³-hybridized carbons (Fsp3) is 0.0909. The van der Waals surface area contributed by atoms with E-state index in [0.717, 1.165) is 5.75 Å². The van der Waals surface area contributed by atoms with Gasteiger partial charge in [-0.05, 0) is 29.8 Å². The molecule has 0 spiro atoms. The average Bonchev–Trinajstić information content (AvgIpc) is 2.38. The van der Waals surface area contributed by atoms with Gasteiger partial charge in [-0.2, -0.15) is 0 Å². The minimum atomic E-state index is 0.688. The second-order valence-electron chi connectivity index (χ2n) is 3.17. The Morgan fingerprint density at radius 1 is 1.19 bits per heavy atom. The fourth-order valence-corrected chi connectivity index (χ4v) is 2.07. The number of nitrogens with zero attached hydrogens (tertiary/aromatic N) is 2. The van der Waals surface area contributed by atoms with Gasteiger partial charge >= 0.3 is 0 Å². The number of anilines is 1. The second kappa shape index (κ2) is 5.48. The van der Waals surface area contributed by atoms with Crippen LogP contribution in [0.3, 0.4) is 0 Å². The number of hydrazine groups is 1. The zero-order valence-electron chi connectivity index (χ0n) is 8.63. The van der Waals surface area contributed by atoms with E-state index in [4.69, 9.17) is 5.84 Å². The Labute approximate surface area is 98.3 Å². The molecule has 0 aliphatic heterocycles. The number of thioether (sulfide) groups is 1. The predicted octanol–water partition coefficient (Wildman–Crippen LogP) is 2.05. The summed E-state index contributed by atoms with van der Waals surface area (Å²) in [4.78, 5) is 9.24. The number of hydrogen-bond donors (Lipinski definition) is 2. The van der Waals surface area contributed by atoms with Gasteiger partial charge in [-0.1, -0.05) is 0 Å². The SMILES string of the molecule is NNc1cc(CSc2ccncc2)ccn1. The van der Waals surface area contributed by atoms with Crippen molar-refractivity contribution >= 4 is 17.6 Å². The van der Waals surface area contributed by atoms with E-state index in [-0.39, 0.29) is 0 Å². The number of nitrogen functional groups attached to an aromatic ring is 1. The highest BCUT2D eigenvalue weighted by Gasteiger charge is 1.97. The summed E-state index contributed by atoms with van der Waals surface area (Å²) in [6.07, 6.45) is 5.33. The molecule has 0 fully saturated rings. The second-order valence-corrected chi connectivity index (χ2v) is 4.21. The van der Waals surface area contributed by atoms with Crippen LogP contribution in [0.2, 0.25) is 0 Å². The molecule has 0 saturated heterocycles. The van der Waals surface area contributed by atoms with Crippen molar-refractivity contribution in [1.29, 1.82) is 0 Å². The van der Waals surface area contributed by atoms with Crippen LogP contribution in [-0.2, 0) is 5.75 Å². The van der Waals surface area contributed by atoms with Crippen molar-refractivity contribution in [2.75, 3.05) is 5.43 Å². The minimum Gasteiger partial charge on any atom is -0.308 e. The van der Waals surface area contributed by atoms with Gasteiger partial charge in [-0.3, -0.25) is 4.98 Å². The fourth-order valence-electron chi connectivity index (χ4n) is 1.24. The lowest BCUT2D eigenvalue weighted by atomic mass is 10.3. The van der Waals surface area contributed by atoms with Crippen LogP contribution in [0.4, 0.5) is 5.82 Å². The molecule has 0 radical (unpaired) electrons. The van der Waals surface area contributed by atoms with Crippen molar-refractivity contribution in [3.05, 3.63) is 48.4 Å². The Morgan fingerprint density at radius 2 is 2.00 bits per heavy atom. The molecule has 0 aliphatic carbocycles. The van der Waals surface area contributed by atoms with E-state index in [1.165, 1.54) is 10.5 Å². The zero-order valence-corrected chi connectivity index (χ0v) is 9.45. The summed E-state index contributed by atoms with van der Waals surface area (Å²) < 4.78 is 0. The summed E-state index contributed by atoms with van der Waals surface area (Å²) >= 11 is 1.76. The first-order valence-corrected chi connectivity index (χ1v) is 5.81. The van der Waals surface area contributed by atoms with E-state index in [2.05, 4.69) is 15.4 Å². The molecule has 16 heavy (non-hydrogen) atoms. The summed E-state index contributed by atoms with van der Waals surface area (Å²) in [5.74, 6) is 6.88. The van der Waals surface area contributed by atoms with Crippen molar-refractivity contribution in [1.82, 2.24) is 9.97 Å². The number of pyridine rings is 2. The highest BCUT2D eigenvalue weighted by molar-refractivity contribution is 7.98. The van der Waals surface area contributed by atoms with Crippen molar-refractivity contribution in [2.45, 2.75) is 10.6 Å². The molecule has 5 heteroatoms. The Morgan fingerprint density at radius 3 is 2.75 bits per heavy atom. The number of rotatable bonds is 4. The highest BCUT2D eigenvalue weighted by Crippen LogP contribution is 2.22. The van der Waals surface area contributed by atoms with Crippen molar-refractivity contribution in [3.8, 4) is 0 Å². The first-order chi connectivity index (χ1) is 7.88. The van der Waals surface area contributed by atoms with E-state index in [9.17, 15) is 0 Å². The summed E-state index contributed by atoms with van der Waals surface area (Å²) in [6.45, 7) is 0. The van der Waals surface area contributed by atoms with Gasteiger partial charge in [0.15, 0.2) is 0 Å². The third-order valence-corrected chi connectivity index (χ3v) is 3.11. The van der Waals surface area contributed by atoms with Crippen LogP contribution in [0.5, 0.6) is 0 Å². The Hall–Kier alpha value is -1.59. The highest BCUT2D eigenvalue weighted by atomic mass is 32.2. The molecular formula is C11H12N4S. The first kappa shape index (κ1) is 10.9. The summed E-state index contributed by atoms with van der Waals surface area (Å²) in [7, 11) is 0. The third-order valence-electron chi connectivity index (χ3n) is 2.03. The largest absolute Gasteiger partial charge is 0.308 e. The minimum absolute atomic E-state index is 0.688. The molecule has 0 aromatic carbocycles. The van der Waals surface area contributed by atoms with Gasteiger partial charge in [-0.25, -0.2) is 10.8 Å². The lowest BCUT2D eigenvalue weighted by Crippen LogP contribution is -2.08. The van der Waals surface area contributed by atoms with E-state index in [1.54, 1.807) is 30.4 Å². The maximum atomic E-state index is 5.30. The van der Waals surface area contributed by atoms with Crippen LogP contribution in [0, 0.1) is 0 Å². The van der Waals surface area contributed by atoms with Gasteiger partial charge in [0.05, 0.1) is 0 Å². The molecule has 0 atom stereocenters. The van der Waals surface area contributed by atoms with E-state index in [1.807, 2.05) is 24.3 Å². The molecular weight excluding hydrogens is 220 g/mol. The topological polar surface area (TPSA) is 63.8 Å². The molecule has 3 N–H and O–H groups in total. The van der Waals surface area contributed by atoms with Crippen molar-refractivity contribution in [2.24, 2.45) is 5.84 Å². The van der Waals surface area contributed by atoms with Gasteiger partial charge in [0.1, 0.15) is 5.82 Å². The van der Waals surface area contributed by atoms with E-state index >= 15 is 0 Å². The lowest BCUT2D eigenvalue weighted by molar-refractivity contribution is 1.20. The summed E-state index contributed by atoms with van der Waals surface area (Å²) in [6, 6.07) is 7.91. The molecule has 2 aromatic heterocycles. The molecule has 0 unspecified atom stereocenters. The molecule has 2 aromatic rings. The average molecular weight is 232 g/mol. The number of aromatic nitrogens is 2. The van der Waals surface area contributed by atoms with Gasteiger partial charge < -0.3 is 5.43 Å². The maximum absolute atomic E-state index is 5.30. The molecule has 2 heterocycles. The number of hydrogen-bond acceptors (Lipinski definition) is 5. The number of nitrogens with one attached hydrogen (secondary N) is 1. The van der Waals surface area contributed by atoms with Crippen LogP contribution in [0.25, 0.3) is 0 Å². The van der Waals surface area contributed by atoms with Gasteiger partial charge in [0, 0.05) is 29.2 Å². The quantitative estimate of drug-likeness (QED) is 0.480. The van der Waals surface area contributed by atoms with Crippen molar-refractivity contribution < 1.29 is 0 Å². The van der Waals surface area contributed by atoms with E-state index in [0.29, 0.717) is 5.82 Å². The standard InChI is InChI=1S/C11H12N4S/c12-15-11-7-9(1-6-14-11)8-16-10-2-4-13-5-3-10/h1-7H,8,12H2,(H,14,15). The van der Waals surface area contributed by atoms with Crippen LogP contribution >= 0.6 is 11.8 Å². The maximum Gasteiger partial charge on any atom is 0.140 e. The van der Waals surface area contributed by atoms with Crippen LogP contribution in [0.15, 0.2) is 47.8 Å². The molecule has 0 amide bonds. The Kier molecular flexibility index (Phi) is 3.74. The van der Waals surface area contributed by atoms with Gasteiger partial charge in [0.25, 0.3) is 0 Å². The molecule has 2 rings (SSSR count). The molecule has 0 bridgehead atoms. The molecule has 0 aliphatic rings. The predicted molar refractivity (Wildman–Crippen MR) is 65.8 cm³/mol. The van der Waals surface area contributed by atoms with E-state index < -0.39 is 0 Å². The van der Waals surface area contributed by atoms with Gasteiger partial charge in [0.2, 0.25) is 0 Å². The third kappa shape index (κ3) is 2.95. The van der Waals surface area contributed by atoms with Crippen LogP contribution < -0.4 is 11.3 Å². The Balaban J connectivity index is 1.99. The molecule has 4 nitrogen and oxygen atoms in total. The number of nitrogens with two attached hydrogens (primary N) is 1. The Bertz CT molecular complexity index is 447. The zero-order chi connectivity index (χ0) is 11.2. The summed E-state index contributed by atoms with van der Waals surface area (Å²) in [5.41, 5.74) is 3.72. The van der Waals surface area contributed by atoms with Crippen LogP contribution in [0.1, 0.15) is 5.56 Å². The van der Waals surface area contributed by atoms with Crippen LogP contribution in [-0.4, -0.2) is 9.97 Å². The smallest absolute Gasteiger partial charge is 0.140 e. The van der Waals surface area contributed by atoms with Gasteiger partial charge in [-0.15, -0.1) is 11.8 Å². The normalized spacial score (nSPS) is 10.1. The lowest BCUT2D eigenvalue weighted by Gasteiger charge is -2.03. The molecule has 0 saturated carbocycles. The monoisotopic (exact) mass is 232 g/mol. The summed E-state index contributed by atoms with van der Waals surface area (Å²) in [5, 5.41) is 0.